The van der Waals surface area contributed by atoms with Crippen LogP contribution in [0, 0.1) is 0 Å². The molecule has 3 nitrogen and oxygen atoms in total. The molecule has 82 valence electrons. The molecule has 1 aliphatic heterocycles. The van der Waals surface area contributed by atoms with Crippen molar-refractivity contribution in [2.45, 2.75) is 18.4 Å². The van der Waals surface area contributed by atoms with Crippen LogP contribution >= 0.6 is 0 Å². The molecule has 3 heteroatoms. The Hall–Kier alpha value is -1.77. The molecule has 0 saturated heterocycles. The van der Waals surface area contributed by atoms with E-state index in [1.165, 1.54) is 7.11 Å². The Morgan fingerprint density at radius 2 is 2.38 bits per heavy atom. The highest BCUT2D eigenvalue weighted by molar-refractivity contribution is 5.93. The summed E-state index contributed by atoms with van der Waals surface area (Å²) in [5.41, 5.74) is 1.63. The summed E-state index contributed by atoms with van der Waals surface area (Å²) in [6, 6.07) is 5.64. The van der Waals surface area contributed by atoms with Gasteiger partial charge in [0.15, 0.2) is 0 Å². The Balaban J connectivity index is 2.10. The van der Waals surface area contributed by atoms with Gasteiger partial charge in [-0.1, -0.05) is 24.3 Å². The number of rotatable bonds is 1. The van der Waals surface area contributed by atoms with Crippen LogP contribution in [0.5, 0.6) is 5.75 Å². The Bertz CT molecular complexity index is 476. The highest BCUT2D eigenvalue weighted by Gasteiger charge is 2.37. The lowest BCUT2D eigenvalue weighted by Crippen LogP contribution is -2.12. The van der Waals surface area contributed by atoms with E-state index in [0.29, 0.717) is 17.2 Å². The summed E-state index contributed by atoms with van der Waals surface area (Å²) in [4.78, 5) is 11.6. The van der Waals surface area contributed by atoms with Crippen LogP contribution in [0.1, 0.15) is 28.3 Å². The van der Waals surface area contributed by atoms with Gasteiger partial charge in [0, 0.05) is 17.9 Å². The normalized spacial score (nSPS) is 24.8. The van der Waals surface area contributed by atoms with Gasteiger partial charge in [0.2, 0.25) is 0 Å². The first-order valence-corrected chi connectivity index (χ1v) is 5.36. The lowest BCUT2D eigenvalue weighted by Gasteiger charge is -2.08. The molecule has 16 heavy (non-hydrogen) atoms. The minimum atomic E-state index is -0.333. The number of esters is 1. The summed E-state index contributed by atoms with van der Waals surface area (Å²) >= 11 is 0. The number of hydrogen-bond acceptors (Lipinski definition) is 3. The van der Waals surface area contributed by atoms with Gasteiger partial charge in [-0.05, 0) is 6.07 Å². The van der Waals surface area contributed by atoms with Gasteiger partial charge < -0.3 is 9.47 Å². The Morgan fingerprint density at radius 1 is 1.50 bits per heavy atom. The van der Waals surface area contributed by atoms with Crippen molar-refractivity contribution in [1.29, 1.82) is 0 Å². The number of benzene rings is 1. The highest BCUT2D eigenvalue weighted by atomic mass is 16.5. The first-order chi connectivity index (χ1) is 7.81. The second kappa shape index (κ2) is 3.37. The molecule has 0 bridgehead atoms. The number of ether oxygens (including phenoxy) is 2. The quantitative estimate of drug-likeness (QED) is 0.533. The van der Waals surface area contributed by atoms with Crippen LogP contribution in [-0.2, 0) is 4.74 Å². The molecule has 0 spiro atoms. The van der Waals surface area contributed by atoms with Crippen molar-refractivity contribution < 1.29 is 14.3 Å². The predicted molar refractivity (Wildman–Crippen MR) is 58.7 cm³/mol. The zero-order chi connectivity index (χ0) is 11.1. The molecular formula is C13H12O3. The molecule has 0 saturated carbocycles. The lowest BCUT2D eigenvalue weighted by atomic mass is 9.97. The monoisotopic (exact) mass is 216 g/mol. The zero-order valence-corrected chi connectivity index (χ0v) is 8.97. The van der Waals surface area contributed by atoms with Crippen LogP contribution in [0.15, 0.2) is 30.4 Å². The van der Waals surface area contributed by atoms with Crippen LogP contribution in [0.4, 0.5) is 0 Å². The maximum atomic E-state index is 11.6. The molecule has 1 heterocycles. The van der Waals surface area contributed by atoms with E-state index in [2.05, 4.69) is 12.2 Å². The van der Waals surface area contributed by atoms with Crippen LogP contribution < -0.4 is 4.74 Å². The van der Waals surface area contributed by atoms with Crippen LogP contribution in [0.25, 0.3) is 0 Å². The fourth-order valence-electron chi connectivity index (χ4n) is 2.43. The molecule has 1 aliphatic carbocycles. The molecule has 2 aliphatic rings. The Morgan fingerprint density at radius 3 is 3.19 bits per heavy atom. The van der Waals surface area contributed by atoms with Crippen molar-refractivity contribution in [2.75, 3.05) is 7.11 Å². The number of methoxy groups -OCH3 is 1. The van der Waals surface area contributed by atoms with Gasteiger partial charge in [-0.25, -0.2) is 4.79 Å². The summed E-state index contributed by atoms with van der Waals surface area (Å²) in [6.07, 6.45) is 5.36. The molecule has 0 unspecified atom stereocenters. The highest BCUT2D eigenvalue weighted by Crippen LogP contribution is 2.45. The maximum absolute atomic E-state index is 11.6. The van der Waals surface area contributed by atoms with Gasteiger partial charge in [-0.2, -0.15) is 0 Å². The predicted octanol–water partition coefficient (Wildman–Crippen LogP) is 2.28. The summed E-state index contributed by atoms with van der Waals surface area (Å²) < 4.78 is 10.6. The summed E-state index contributed by atoms with van der Waals surface area (Å²) in [6.45, 7) is 0. The molecule has 0 N–H and O–H groups in total. The molecule has 1 aromatic carbocycles. The molecule has 1 aromatic rings. The van der Waals surface area contributed by atoms with Gasteiger partial charge in [0.05, 0.1) is 7.11 Å². The number of para-hydroxylation sites is 1. The third kappa shape index (κ3) is 1.18. The van der Waals surface area contributed by atoms with Crippen molar-refractivity contribution in [1.82, 2.24) is 0 Å². The van der Waals surface area contributed by atoms with Gasteiger partial charge in [0.1, 0.15) is 17.4 Å². The number of carbonyl (C=O) groups excluding carboxylic acids is 1. The molecule has 0 radical (unpaired) electrons. The zero-order valence-electron chi connectivity index (χ0n) is 8.97. The van der Waals surface area contributed by atoms with E-state index in [1.807, 2.05) is 12.1 Å². The smallest absolute Gasteiger partial charge is 0.341 e. The molecule has 3 rings (SSSR count). The van der Waals surface area contributed by atoms with E-state index in [0.717, 1.165) is 12.0 Å². The van der Waals surface area contributed by atoms with Crippen molar-refractivity contribution in [3.05, 3.63) is 41.5 Å². The Kier molecular flexibility index (Phi) is 1.99. The molecule has 0 amide bonds. The molecule has 0 aromatic heterocycles. The van der Waals surface area contributed by atoms with E-state index in [1.54, 1.807) is 6.07 Å². The maximum Gasteiger partial charge on any atom is 0.341 e. The van der Waals surface area contributed by atoms with E-state index >= 15 is 0 Å². The third-order valence-electron chi connectivity index (χ3n) is 3.19. The van der Waals surface area contributed by atoms with Gasteiger partial charge in [-0.3, -0.25) is 0 Å². The fourth-order valence-corrected chi connectivity index (χ4v) is 2.43. The average Bonchev–Trinajstić information content (AvgIpc) is 2.87. The van der Waals surface area contributed by atoms with E-state index < -0.39 is 0 Å². The largest absolute Gasteiger partial charge is 0.488 e. The Labute approximate surface area is 93.7 Å². The van der Waals surface area contributed by atoms with E-state index in [-0.39, 0.29) is 12.1 Å². The second-order valence-electron chi connectivity index (χ2n) is 4.06. The van der Waals surface area contributed by atoms with Crippen LogP contribution in [0.2, 0.25) is 0 Å². The van der Waals surface area contributed by atoms with E-state index in [4.69, 9.17) is 9.47 Å². The van der Waals surface area contributed by atoms with Gasteiger partial charge in [0.25, 0.3) is 0 Å². The van der Waals surface area contributed by atoms with Crippen molar-refractivity contribution in [3.8, 4) is 5.75 Å². The molecular weight excluding hydrogens is 204 g/mol. The minimum Gasteiger partial charge on any atom is -0.488 e. The van der Waals surface area contributed by atoms with Gasteiger partial charge in [-0.15, -0.1) is 0 Å². The van der Waals surface area contributed by atoms with Crippen LogP contribution in [-0.4, -0.2) is 19.2 Å². The average molecular weight is 216 g/mol. The van der Waals surface area contributed by atoms with Crippen LogP contribution in [0.3, 0.4) is 0 Å². The topological polar surface area (TPSA) is 35.5 Å². The van der Waals surface area contributed by atoms with Gasteiger partial charge >= 0.3 is 5.97 Å². The van der Waals surface area contributed by atoms with Crippen molar-refractivity contribution >= 4 is 5.97 Å². The van der Waals surface area contributed by atoms with Crippen molar-refractivity contribution in [2.24, 2.45) is 0 Å². The molecule has 2 atom stereocenters. The number of carbonyl (C=O) groups is 1. The van der Waals surface area contributed by atoms with Crippen molar-refractivity contribution in [3.63, 3.8) is 0 Å². The van der Waals surface area contributed by atoms with E-state index in [9.17, 15) is 4.79 Å². The lowest BCUT2D eigenvalue weighted by molar-refractivity contribution is 0.0595. The summed E-state index contributed by atoms with van der Waals surface area (Å²) in [5, 5.41) is 0. The third-order valence-corrected chi connectivity index (χ3v) is 3.19. The number of fused-ring (bicyclic) bond motifs is 3. The standard InChI is InChI=1S/C13H12O3/c1-15-13(14)10-6-2-5-9-8-4-3-7-11(8)16-12(9)10/h2-6,8,11H,7H2,1H3/t8-,11-/m1/s1. The number of hydrogen-bond donors (Lipinski definition) is 0. The first kappa shape index (κ1) is 9.46. The fraction of sp³-hybridized carbons (Fsp3) is 0.308. The first-order valence-electron chi connectivity index (χ1n) is 5.36. The minimum absolute atomic E-state index is 0.167. The molecule has 0 fully saturated rings. The second-order valence-corrected chi connectivity index (χ2v) is 4.06. The summed E-state index contributed by atoms with van der Waals surface area (Å²) in [7, 11) is 1.39. The summed E-state index contributed by atoms with van der Waals surface area (Å²) in [5.74, 6) is 0.675. The SMILES string of the molecule is COC(=O)c1cccc2c1O[C@@H]1CC=C[C@H]21.